The first-order valence-corrected chi connectivity index (χ1v) is 6.41. The molecule has 0 bridgehead atoms. The summed E-state index contributed by atoms with van der Waals surface area (Å²) in [5.41, 5.74) is 5.90. The second kappa shape index (κ2) is 5.98. The van der Waals surface area contributed by atoms with Crippen LogP contribution in [0.1, 0.15) is 5.56 Å². The minimum atomic E-state index is -0.722. The van der Waals surface area contributed by atoms with Gasteiger partial charge in [0.1, 0.15) is 11.6 Å². The number of benzene rings is 2. The summed E-state index contributed by atoms with van der Waals surface area (Å²) >= 11 is 2.97. The van der Waals surface area contributed by atoms with Crippen LogP contribution in [0.4, 0.5) is 10.1 Å². The molecule has 0 heterocycles. The predicted molar refractivity (Wildman–Crippen MR) is 75.2 cm³/mol. The number of nitro benzene ring substituents is 1. The lowest BCUT2D eigenvalue weighted by Gasteiger charge is -2.08. The van der Waals surface area contributed by atoms with E-state index >= 15 is 0 Å². The fourth-order valence-corrected chi connectivity index (χ4v) is 1.93. The molecule has 2 aromatic carbocycles. The third-order valence-corrected chi connectivity index (χ3v) is 3.17. The van der Waals surface area contributed by atoms with Gasteiger partial charge in [-0.05, 0) is 33.6 Å². The lowest BCUT2D eigenvalue weighted by molar-refractivity contribution is -0.385. The number of hydrogen-bond acceptors (Lipinski definition) is 4. The molecule has 0 atom stereocenters. The highest BCUT2D eigenvalue weighted by Gasteiger charge is 2.19. The van der Waals surface area contributed by atoms with Crippen molar-refractivity contribution in [1.82, 2.24) is 0 Å². The average Bonchev–Trinajstić information content (AvgIpc) is 2.42. The van der Waals surface area contributed by atoms with E-state index in [-0.39, 0.29) is 10.2 Å². The van der Waals surface area contributed by atoms with Gasteiger partial charge in [-0.2, -0.15) is 0 Å². The molecule has 0 amide bonds. The fraction of sp³-hybridized carbons (Fsp3) is 0.0769. The van der Waals surface area contributed by atoms with Gasteiger partial charge >= 0.3 is 5.69 Å². The molecule has 2 aromatic rings. The van der Waals surface area contributed by atoms with Crippen molar-refractivity contribution in [2.24, 2.45) is 5.73 Å². The van der Waals surface area contributed by atoms with Gasteiger partial charge in [-0.1, -0.05) is 12.1 Å². The van der Waals surface area contributed by atoms with Crippen LogP contribution in [0, 0.1) is 15.9 Å². The van der Waals surface area contributed by atoms with Crippen LogP contribution in [0.15, 0.2) is 40.9 Å². The Morgan fingerprint density at radius 1 is 1.35 bits per heavy atom. The molecule has 0 aliphatic rings. The molecule has 0 saturated carbocycles. The quantitative estimate of drug-likeness (QED) is 0.679. The standard InChI is InChI=1S/C13H10BrFN2O3/c14-10-5-13(12(17(18)19)6-11(10)15)20-9-3-1-2-8(4-9)7-16/h1-6H,7,16H2. The van der Waals surface area contributed by atoms with Crippen molar-refractivity contribution in [3.63, 3.8) is 0 Å². The largest absolute Gasteiger partial charge is 0.450 e. The van der Waals surface area contributed by atoms with Gasteiger partial charge in [-0.3, -0.25) is 10.1 Å². The molecule has 0 aromatic heterocycles. The molecule has 0 aliphatic carbocycles. The third kappa shape index (κ3) is 3.12. The Kier molecular flexibility index (Phi) is 4.31. The minimum absolute atomic E-state index is 0.0440. The summed E-state index contributed by atoms with van der Waals surface area (Å²) < 4.78 is 18.9. The molecule has 7 heteroatoms. The molecule has 0 spiro atoms. The fourth-order valence-electron chi connectivity index (χ4n) is 1.61. The zero-order valence-corrected chi connectivity index (χ0v) is 11.8. The molecule has 0 aliphatic heterocycles. The number of halogens is 2. The van der Waals surface area contributed by atoms with Crippen molar-refractivity contribution < 1.29 is 14.1 Å². The third-order valence-electron chi connectivity index (χ3n) is 2.56. The van der Waals surface area contributed by atoms with Crippen LogP contribution in [-0.2, 0) is 6.54 Å². The van der Waals surface area contributed by atoms with E-state index < -0.39 is 16.4 Å². The van der Waals surface area contributed by atoms with Gasteiger partial charge in [0.2, 0.25) is 5.75 Å². The molecule has 20 heavy (non-hydrogen) atoms. The topological polar surface area (TPSA) is 78.4 Å². The lowest BCUT2D eigenvalue weighted by atomic mass is 10.2. The second-order valence-electron chi connectivity index (χ2n) is 3.94. The predicted octanol–water partition coefficient (Wildman–Crippen LogP) is 3.75. The van der Waals surface area contributed by atoms with Crippen LogP contribution in [0.25, 0.3) is 0 Å². The molecule has 104 valence electrons. The van der Waals surface area contributed by atoms with Crippen molar-refractivity contribution in [2.45, 2.75) is 6.54 Å². The zero-order valence-electron chi connectivity index (χ0n) is 10.2. The van der Waals surface area contributed by atoms with Crippen molar-refractivity contribution in [3.8, 4) is 11.5 Å². The maximum Gasteiger partial charge on any atom is 0.314 e. The van der Waals surface area contributed by atoms with Gasteiger partial charge in [-0.25, -0.2) is 4.39 Å². The highest BCUT2D eigenvalue weighted by molar-refractivity contribution is 9.10. The molecule has 0 saturated heterocycles. The summed E-state index contributed by atoms with van der Waals surface area (Å²) in [7, 11) is 0. The Bertz CT molecular complexity index is 664. The molecular formula is C13H10BrFN2O3. The van der Waals surface area contributed by atoms with Gasteiger partial charge in [-0.15, -0.1) is 0 Å². The number of nitro groups is 1. The van der Waals surface area contributed by atoms with Gasteiger partial charge in [0.05, 0.1) is 15.5 Å². The van der Waals surface area contributed by atoms with Crippen molar-refractivity contribution in [2.75, 3.05) is 0 Å². The lowest BCUT2D eigenvalue weighted by Crippen LogP contribution is -1.98. The zero-order chi connectivity index (χ0) is 14.7. The normalized spacial score (nSPS) is 10.3. The number of ether oxygens (including phenoxy) is 1. The van der Waals surface area contributed by atoms with Crippen molar-refractivity contribution >= 4 is 21.6 Å². The molecular weight excluding hydrogens is 331 g/mol. The van der Waals surface area contributed by atoms with Gasteiger partial charge < -0.3 is 10.5 Å². The van der Waals surface area contributed by atoms with Crippen LogP contribution in [-0.4, -0.2) is 4.92 Å². The maximum atomic E-state index is 13.4. The minimum Gasteiger partial charge on any atom is -0.450 e. The van der Waals surface area contributed by atoms with Gasteiger partial charge in [0, 0.05) is 12.6 Å². The summed E-state index contributed by atoms with van der Waals surface area (Å²) in [4.78, 5) is 10.2. The summed E-state index contributed by atoms with van der Waals surface area (Å²) in [5, 5.41) is 10.9. The van der Waals surface area contributed by atoms with E-state index in [4.69, 9.17) is 10.5 Å². The first kappa shape index (κ1) is 14.4. The van der Waals surface area contributed by atoms with Crippen LogP contribution in [0.3, 0.4) is 0 Å². The first-order chi connectivity index (χ1) is 9.51. The molecule has 2 N–H and O–H groups in total. The van der Waals surface area contributed by atoms with E-state index in [1.165, 1.54) is 6.07 Å². The molecule has 0 fully saturated rings. The van der Waals surface area contributed by atoms with Gasteiger partial charge in [0.15, 0.2) is 0 Å². The maximum absolute atomic E-state index is 13.4. The smallest absolute Gasteiger partial charge is 0.314 e. The summed E-state index contributed by atoms with van der Waals surface area (Å²) in [6, 6.07) is 8.87. The van der Waals surface area contributed by atoms with Crippen molar-refractivity contribution in [3.05, 3.63) is 62.4 Å². The summed E-state index contributed by atoms with van der Waals surface area (Å²) in [6.45, 7) is 0.326. The number of nitrogens with two attached hydrogens (primary N) is 1. The molecule has 5 nitrogen and oxygen atoms in total. The van der Waals surface area contributed by atoms with Crippen LogP contribution < -0.4 is 10.5 Å². The van der Waals surface area contributed by atoms with Crippen molar-refractivity contribution in [1.29, 1.82) is 0 Å². The average molecular weight is 341 g/mol. The van der Waals surface area contributed by atoms with E-state index in [9.17, 15) is 14.5 Å². The van der Waals surface area contributed by atoms with E-state index in [1.807, 2.05) is 6.07 Å². The summed E-state index contributed by atoms with van der Waals surface area (Å²) in [5.74, 6) is -0.369. The van der Waals surface area contributed by atoms with E-state index in [0.29, 0.717) is 12.3 Å². The van der Waals surface area contributed by atoms with Crippen LogP contribution in [0.5, 0.6) is 11.5 Å². The second-order valence-corrected chi connectivity index (χ2v) is 4.80. The molecule has 0 unspecified atom stereocenters. The van der Waals surface area contributed by atoms with Gasteiger partial charge in [0.25, 0.3) is 0 Å². The Labute approximate surface area is 122 Å². The highest BCUT2D eigenvalue weighted by Crippen LogP contribution is 2.35. The Hall–Kier alpha value is -1.99. The SMILES string of the molecule is NCc1cccc(Oc2cc(Br)c(F)cc2[N+](=O)[O-])c1. The molecule has 2 rings (SSSR count). The Morgan fingerprint density at radius 3 is 2.75 bits per heavy atom. The van der Waals surface area contributed by atoms with E-state index in [2.05, 4.69) is 15.9 Å². The monoisotopic (exact) mass is 340 g/mol. The van der Waals surface area contributed by atoms with Crippen LogP contribution in [0.2, 0.25) is 0 Å². The van der Waals surface area contributed by atoms with Crippen LogP contribution >= 0.6 is 15.9 Å². The first-order valence-electron chi connectivity index (χ1n) is 5.61. The Balaban J connectivity index is 2.41. The van der Waals surface area contributed by atoms with E-state index in [0.717, 1.165) is 11.6 Å². The highest BCUT2D eigenvalue weighted by atomic mass is 79.9. The molecule has 0 radical (unpaired) electrons. The van der Waals surface area contributed by atoms with E-state index in [1.54, 1.807) is 18.2 Å². The number of nitrogens with zero attached hydrogens (tertiary/aromatic N) is 1. The number of rotatable bonds is 4. The summed E-state index contributed by atoms with van der Waals surface area (Å²) in [6.07, 6.45) is 0. The number of hydrogen-bond donors (Lipinski definition) is 1. The Morgan fingerprint density at radius 2 is 2.10 bits per heavy atom.